The number of aliphatic imine (C=N–C) groups is 1. The van der Waals surface area contributed by atoms with Gasteiger partial charge in [-0.15, -0.1) is 0 Å². The van der Waals surface area contributed by atoms with Gasteiger partial charge in [0.2, 0.25) is 11.8 Å². The van der Waals surface area contributed by atoms with Crippen LogP contribution >= 0.6 is 23.2 Å². The van der Waals surface area contributed by atoms with Crippen LogP contribution < -0.4 is 26.4 Å². The lowest BCUT2D eigenvalue weighted by Gasteiger charge is -2.30. The van der Waals surface area contributed by atoms with Crippen molar-refractivity contribution in [1.82, 2.24) is 15.6 Å². The number of anilines is 1. The van der Waals surface area contributed by atoms with Gasteiger partial charge >= 0.3 is 12.4 Å². The molecular formula is C27H26Cl2F8N6O3. The van der Waals surface area contributed by atoms with Gasteiger partial charge in [0, 0.05) is 24.6 Å². The highest BCUT2D eigenvalue weighted by Crippen LogP contribution is 2.39. The van der Waals surface area contributed by atoms with Crippen LogP contribution in [-0.4, -0.2) is 60.1 Å². The number of ether oxygens (including phenoxy) is 1. The van der Waals surface area contributed by atoms with Crippen molar-refractivity contribution < 1.29 is 49.4 Å². The Hall–Kier alpha value is -3.44. The number of rotatable bonds is 9. The largest absolute Gasteiger partial charge is 0.471 e. The van der Waals surface area contributed by atoms with Crippen LogP contribution in [0, 0.1) is 5.92 Å². The van der Waals surface area contributed by atoms with Gasteiger partial charge in [0.25, 0.3) is 12.3 Å². The number of nitrogens with zero attached hydrogens (tertiary/aromatic N) is 2. The first-order valence-electron chi connectivity index (χ1n) is 13.7. The molecule has 0 radical (unpaired) electrons. The molecule has 1 aliphatic heterocycles. The fourth-order valence-electron chi connectivity index (χ4n) is 4.85. The van der Waals surface area contributed by atoms with Gasteiger partial charge in [-0.2, -0.15) is 31.3 Å². The van der Waals surface area contributed by atoms with E-state index in [0.29, 0.717) is 5.56 Å². The number of hydrogen-bond donors (Lipinski definition) is 4. The van der Waals surface area contributed by atoms with E-state index in [1.165, 1.54) is 18.2 Å². The molecule has 46 heavy (non-hydrogen) atoms. The van der Waals surface area contributed by atoms with Gasteiger partial charge in [-0.3, -0.25) is 9.59 Å². The standard InChI is InChI=1S/C27H26Cl2F8N6O3/c28-16-6-1-11(9-39-24(45)21(38)27(35,36)37)19(29)20(16)41-18-8-12-7-15(25(43-22(12)42-18)46-10-17(30)31)23(44)40-14-4-2-13(3-5-14)26(32,33)34/h1,6-7,13-14,17,21H,2-5,8-10,38H2,(H,39,45)(H,40,44)(H,41,42,43). The topological polar surface area (TPSA) is 131 Å². The molecule has 252 valence electrons. The average molecular weight is 705 g/mol. The smallest absolute Gasteiger partial charge is 0.412 e. The number of aromatic nitrogens is 1. The van der Waals surface area contributed by atoms with Gasteiger partial charge in [0.05, 0.1) is 21.7 Å². The molecule has 0 saturated heterocycles. The Bertz CT molecular complexity index is 1500. The summed E-state index contributed by atoms with van der Waals surface area (Å²) in [6.07, 6.45) is -12.4. The van der Waals surface area contributed by atoms with E-state index in [4.69, 9.17) is 33.7 Å². The highest BCUT2D eigenvalue weighted by atomic mass is 35.5. The van der Waals surface area contributed by atoms with E-state index in [2.05, 4.69) is 20.6 Å². The lowest BCUT2D eigenvalue weighted by atomic mass is 9.85. The van der Waals surface area contributed by atoms with Gasteiger partial charge in [-0.1, -0.05) is 29.3 Å². The van der Waals surface area contributed by atoms with Gasteiger partial charge < -0.3 is 26.4 Å². The number of fused-ring (bicyclic) bond motifs is 1. The number of nitrogens with two attached hydrogens (primary N) is 1. The Morgan fingerprint density at radius 1 is 1.07 bits per heavy atom. The molecule has 19 heteroatoms. The van der Waals surface area contributed by atoms with E-state index < -0.39 is 67.6 Å². The second-order valence-electron chi connectivity index (χ2n) is 10.6. The van der Waals surface area contributed by atoms with Gasteiger partial charge in [-0.05, 0) is 43.4 Å². The zero-order chi connectivity index (χ0) is 34.0. The number of alkyl halides is 8. The fourth-order valence-corrected chi connectivity index (χ4v) is 5.38. The normalized spacial score (nSPS) is 18.9. The van der Waals surface area contributed by atoms with Crippen LogP contribution in [0.2, 0.25) is 10.0 Å². The van der Waals surface area contributed by atoms with Crippen LogP contribution in [0.1, 0.15) is 47.2 Å². The summed E-state index contributed by atoms with van der Waals surface area (Å²) >= 11 is 12.7. The molecule has 2 aliphatic rings. The van der Waals surface area contributed by atoms with E-state index in [-0.39, 0.29) is 70.6 Å². The van der Waals surface area contributed by atoms with Gasteiger partial charge in [0.1, 0.15) is 11.4 Å². The van der Waals surface area contributed by atoms with Crippen molar-refractivity contribution in [2.75, 3.05) is 11.9 Å². The number of amidine groups is 1. The van der Waals surface area contributed by atoms with Crippen LogP contribution in [0.15, 0.2) is 23.2 Å². The van der Waals surface area contributed by atoms with E-state index >= 15 is 0 Å². The number of amides is 2. The van der Waals surface area contributed by atoms with Crippen molar-refractivity contribution in [3.05, 3.63) is 44.9 Å². The minimum absolute atomic E-state index is 0.00247. The Morgan fingerprint density at radius 2 is 1.74 bits per heavy atom. The molecule has 1 aromatic heterocycles. The monoisotopic (exact) mass is 704 g/mol. The number of benzene rings is 1. The predicted octanol–water partition coefficient (Wildman–Crippen LogP) is 6.09. The van der Waals surface area contributed by atoms with Crippen LogP contribution in [0.4, 0.5) is 46.6 Å². The predicted molar refractivity (Wildman–Crippen MR) is 152 cm³/mol. The zero-order valence-corrected chi connectivity index (χ0v) is 25.0. The Balaban J connectivity index is 1.49. The molecule has 0 spiro atoms. The summed E-state index contributed by atoms with van der Waals surface area (Å²) in [5, 5.41) is 7.55. The summed E-state index contributed by atoms with van der Waals surface area (Å²) in [7, 11) is 0. The minimum atomic E-state index is -4.95. The molecular weight excluding hydrogens is 679 g/mol. The number of carbonyl (C=O) groups is 2. The molecule has 1 atom stereocenters. The molecule has 1 fully saturated rings. The maximum atomic E-state index is 13.1. The Morgan fingerprint density at radius 3 is 2.35 bits per heavy atom. The quantitative estimate of drug-likeness (QED) is 0.234. The van der Waals surface area contributed by atoms with Crippen LogP contribution in [0.25, 0.3) is 0 Å². The van der Waals surface area contributed by atoms with Crippen LogP contribution in [0.3, 0.4) is 0 Å². The summed E-state index contributed by atoms with van der Waals surface area (Å²) in [6.45, 7) is -1.53. The second kappa shape index (κ2) is 14.1. The first-order valence-corrected chi connectivity index (χ1v) is 14.4. The SMILES string of the molecule is NC(C(=O)NCc1ccc(Cl)c(NC2=Nc3nc(OCC(F)F)c(C(=O)NC4CCC(C(F)(F)F)CC4)cc3C2)c1Cl)C(F)(F)F. The number of hydrogen-bond acceptors (Lipinski definition) is 7. The molecule has 5 N–H and O–H groups in total. The maximum absolute atomic E-state index is 13.1. The van der Waals surface area contributed by atoms with E-state index in [9.17, 15) is 44.7 Å². The summed E-state index contributed by atoms with van der Waals surface area (Å²) in [5.41, 5.74) is 5.29. The zero-order valence-electron chi connectivity index (χ0n) is 23.5. The van der Waals surface area contributed by atoms with Crippen molar-refractivity contribution in [1.29, 1.82) is 0 Å². The lowest BCUT2D eigenvalue weighted by molar-refractivity contribution is -0.182. The van der Waals surface area contributed by atoms with E-state index in [0.717, 1.165) is 0 Å². The first-order chi connectivity index (χ1) is 21.4. The molecule has 1 aromatic carbocycles. The molecule has 2 heterocycles. The van der Waals surface area contributed by atoms with Crippen molar-refractivity contribution in [3.8, 4) is 5.88 Å². The third-order valence-corrected chi connectivity index (χ3v) is 8.03. The van der Waals surface area contributed by atoms with Crippen molar-refractivity contribution in [2.45, 2.75) is 69.5 Å². The van der Waals surface area contributed by atoms with Crippen LogP contribution in [0.5, 0.6) is 5.88 Å². The molecule has 4 rings (SSSR count). The van der Waals surface area contributed by atoms with E-state index in [1.54, 1.807) is 0 Å². The summed E-state index contributed by atoms with van der Waals surface area (Å²) in [6, 6.07) is 0.719. The van der Waals surface area contributed by atoms with Crippen molar-refractivity contribution in [2.24, 2.45) is 16.6 Å². The summed E-state index contributed by atoms with van der Waals surface area (Å²) in [4.78, 5) is 33.3. The van der Waals surface area contributed by atoms with Crippen molar-refractivity contribution in [3.63, 3.8) is 0 Å². The van der Waals surface area contributed by atoms with Crippen molar-refractivity contribution >= 4 is 52.4 Å². The Labute approximate surface area is 266 Å². The summed E-state index contributed by atoms with van der Waals surface area (Å²) < 4.78 is 108. The minimum Gasteiger partial charge on any atom is -0.471 e. The third-order valence-electron chi connectivity index (χ3n) is 7.29. The first kappa shape index (κ1) is 35.4. The average Bonchev–Trinajstić information content (AvgIpc) is 3.37. The molecule has 9 nitrogen and oxygen atoms in total. The fraction of sp³-hybridized carbons (Fsp3) is 0.481. The van der Waals surface area contributed by atoms with Gasteiger partial charge in [-0.25, -0.2) is 13.8 Å². The molecule has 2 amide bonds. The molecule has 2 aromatic rings. The number of pyridine rings is 1. The van der Waals surface area contributed by atoms with Crippen LogP contribution in [-0.2, 0) is 17.8 Å². The third kappa shape index (κ3) is 8.67. The highest BCUT2D eigenvalue weighted by Gasteiger charge is 2.42. The summed E-state index contributed by atoms with van der Waals surface area (Å²) in [5.74, 6) is -4.00. The molecule has 1 saturated carbocycles. The lowest BCUT2D eigenvalue weighted by Crippen LogP contribution is -2.49. The van der Waals surface area contributed by atoms with E-state index in [1.807, 2.05) is 5.32 Å². The maximum Gasteiger partial charge on any atom is 0.412 e. The second-order valence-corrected chi connectivity index (χ2v) is 11.4. The molecule has 0 bridgehead atoms. The number of halogens is 10. The molecule has 1 unspecified atom stereocenters. The Kier molecular flexibility index (Phi) is 10.9. The number of nitrogens with one attached hydrogen (secondary N) is 3. The number of carbonyl (C=O) groups excluding carboxylic acids is 2. The molecule has 1 aliphatic carbocycles. The highest BCUT2D eigenvalue weighted by molar-refractivity contribution is 6.40. The van der Waals surface area contributed by atoms with Gasteiger partial charge in [0.15, 0.2) is 18.5 Å².